The number of nitrogens with one attached hydrogen (secondary N) is 2. The average Bonchev–Trinajstić information content (AvgIpc) is 3.09. The molecule has 0 spiro atoms. The zero-order chi connectivity index (χ0) is 21.4. The fourth-order valence-corrected chi connectivity index (χ4v) is 7.99. The van der Waals surface area contributed by atoms with Crippen LogP contribution >= 0.6 is 11.3 Å². The number of benzene rings is 1. The van der Waals surface area contributed by atoms with Crippen LogP contribution in [-0.2, 0) is 19.9 Å². The van der Waals surface area contributed by atoms with E-state index in [1.54, 1.807) is 38.1 Å². The molecule has 3 rings (SSSR count). The van der Waals surface area contributed by atoms with Gasteiger partial charge in [-0.3, -0.25) is 0 Å². The van der Waals surface area contributed by atoms with Gasteiger partial charge in [0.25, 0.3) is 10.0 Å². The zero-order valence-corrected chi connectivity index (χ0v) is 18.6. The van der Waals surface area contributed by atoms with Crippen molar-refractivity contribution in [2.75, 3.05) is 6.54 Å². The molecule has 29 heavy (non-hydrogen) atoms. The Bertz CT molecular complexity index is 1140. The monoisotopic (exact) mass is 458 g/mol. The molecule has 1 aliphatic rings. The van der Waals surface area contributed by atoms with Crippen molar-refractivity contribution in [3.63, 3.8) is 0 Å². The maximum atomic E-state index is 12.7. The summed E-state index contributed by atoms with van der Waals surface area (Å²) >= 11 is 0.648. The molecule has 1 amide bonds. The van der Waals surface area contributed by atoms with Gasteiger partial charge in [-0.05, 0) is 44.5 Å². The Morgan fingerprint density at radius 3 is 2.66 bits per heavy atom. The van der Waals surface area contributed by atoms with Gasteiger partial charge in [0.05, 0.1) is 5.25 Å². The van der Waals surface area contributed by atoms with Crippen molar-refractivity contribution in [1.82, 2.24) is 10.0 Å². The second kappa shape index (κ2) is 8.05. The first kappa shape index (κ1) is 21.8. The molecule has 0 saturated heterocycles. The summed E-state index contributed by atoms with van der Waals surface area (Å²) in [6, 6.07) is 7.73. The predicted molar refractivity (Wildman–Crippen MR) is 110 cm³/mol. The van der Waals surface area contributed by atoms with Crippen molar-refractivity contribution in [3.8, 4) is 5.75 Å². The van der Waals surface area contributed by atoms with Crippen LogP contribution in [-0.4, -0.2) is 34.7 Å². The van der Waals surface area contributed by atoms with Crippen molar-refractivity contribution in [3.05, 3.63) is 41.5 Å². The molecule has 0 saturated carbocycles. The summed E-state index contributed by atoms with van der Waals surface area (Å²) in [7, 11) is -7.91. The van der Waals surface area contributed by atoms with Crippen LogP contribution in [0.2, 0.25) is 0 Å². The molecule has 1 aliphatic heterocycles. The lowest BCUT2D eigenvalue weighted by Gasteiger charge is -2.27. The maximum absolute atomic E-state index is 12.7. The normalized spacial score (nSPS) is 20.7. The molecule has 2 atom stereocenters. The quantitative estimate of drug-likeness (QED) is 0.707. The molecule has 2 N–H and O–H groups in total. The minimum Gasteiger partial charge on any atom is -0.409 e. The third kappa shape index (κ3) is 4.32. The Kier molecular flexibility index (Phi) is 6.04. The summed E-state index contributed by atoms with van der Waals surface area (Å²) in [4.78, 5) is 12.1. The van der Waals surface area contributed by atoms with Crippen LogP contribution in [0, 0.1) is 6.92 Å². The maximum Gasteiger partial charge on any atom is 0.426 e. The number of hydrogen-bond donors (Lipinski definition) is 2. The van der Waals surface area contributed by atoms with Gasteiger partial charge in [0.1, 0.15) is 14.2 Å². The second-order valence-corrected chi connectivity index (χ2v) is 12.3. The number of thiophene rings is 1. The van der Waals surface area contributed by atoms with Gasteiger partial charge in [-0.2, -0.15) is 0 Å². The highest BCUT2D eigenvalue weighted by atomic mass is 32.3. The number of carbonyl (C=O) groups excluding carboxylic acids is 1. The topological polar surface area (TPSA) is 119 Å². The smallest absolute Gasteiger partial charge is 0.409 e. The first-order chi connectivity index (χ1) is 13.6. The number of sulfone groups is 1. The first-order valence-electron chi connectivity index (χ1n) is 8.97. The van der Waals surface area contributed by atoms with E-state index in [1.807, 2.05) is 11.6 Å². The number of rotatable bonds is 5. The van der Waals surface area contributed by atoms with Gasteiger partial charge < -0.3 is 10.1 Å². The minimum absolute atomic E-state index is 0.0230. The number of aryl methyl sites for hydroxylation is 1. The van der Waals surface area contributed by atoms with Crippen molar-refractivity contribution >= 4 is 37.3 Å². The van der Waals surface area contributed by atoms with Gasteiger partial charge >= 0.3 is 6.09 Å². The van der Waals surface area contributed by atoms with Gasteiger partial charge in [-0.25, -0.2) is 26.4 Å². The summed E-state index contributed by atoms with van der Waals surface area (Å²) in [5, 5.41) is 2.56. The molecule has 2 aromatic rings. The van der Waals surface area contributed by atoms with E-state index in [0.717, 1.165) is 0 Å². The Labute approximate surface area is 174 Å². The molecule has 0 radical (unpaired) electrons. The Balaban J connectivity index is 1.89. The van der Waals surface area contributed by atoms with E-state index in [4.69, 9.17) is 4.74 Å². The number of ether oxygens (including phenoxy) is 1. The van der Waals surface area contributed by atoms with Gasteiger partial charge in [-0.1, -0.05) is 25.1 Å². The summed E-state index contributed by atoms with van der Waals surface area (Å²) in [5.74, 6) is 0.231. The summed E-state index contributed by atoms with van der Waals surface area (Å²) in [6.07, 6.45) is -0.813. The van der Waals surface area contributed by atoms with Crippen molar-refractivity contribution in [2.45, 2.75) is 46.9 Å². The Morgan fingerprint density at radius 2 is 2.00 bits per heavy atom. The first-order valence-corrected chi connectivity index (χ1v) is 12.8. The second-order valence-electron chi connectivity index (χ2n) is 6.77. The summed E-state index contributed by atoms with van der Waals surface area (Å²) < 4.78 is 57.4. The van der Waals surface area contributed by atoms with Crippen LogP contribution in [0.25, 0.3) is 0 Å². The molecule has 1 aromatic heterocycles. The van der Waals surface area contributed by atoms with Crippen molar-refractivity contribution < 1.29 is 26.4 Å². The summed E-state index contributed by atoms with van der Waals surface area (Å²) in [5.41, 5.74) is 1.09. The number of fused-ring (bicyclic) bond motifs is 1. The number of sulfonamides is 1. The lowest BCUT2D eigenvalue weighted by molar-refractivity contribution is 0.206. The van der Waals surface area contributed by atoms with Crippen LogP contribution in [0.4, 0.5) is 4.79 Å². The molecule has 1 aromatic carbocycles. The fraction of sp³-hybridized carbons (Fsp3) is 0.389. The van der Waals surface area contributed by atoms with E-state index < -0.39 is 31.2 Å². The molecule has 0 aliphatic carbocycles. The number of para-hydroxylation sites is 1. The SMILES string of the molecule is CCN[C@H]1CC(C)S(=O)(=O)c2sc(S(=O)(=O)NC(=O)Oc3ccccc3C)cc21. The Morgan fingerprint density at radius 1 is 1.31 bits per heavy atom. The van der Waals surface area contributed by atoms with E-state index >= 15 is 0 Å². The van der Waals surface area contributed by atoms with Crippen LogP contribution in [0.3, 0.4) is 0 Å². The fourth-order valence-electron chi connectivity index (χ4n) is 3.12. The molecule has 11 heteroatoms. The molecular weight excluding hydrogens is 436 g/mol. The highest BCUT2D eigenvalue weighted by molar-refractivity contribution is 7.95. The molecule has 2 heterocycles. The summed E-state index contributed by atoms with van der Waals surface area (Å²) in [6.45, 7) is 5.82. The predicted octanol–water partition coefficient (Wildman–Crippen LogP) is 2.75. The third-order valence-electron chi connectivity index (χ3n) is 4.66. The van der Waals surface area contributed by atoms with Crippen LogP contribution in [0.15, 0.2) is 38.8 Å². The zero-order valence-electron chi connectivity index (χ0n) is 16.1. The number of hydrogen-bond acceptors (Lipinski definition) is 8. The lowest BCUT2D eigenvalue weighted by Crippen LogP contribution is -2.33. The van der Waals surface area contributed by atoms with Gasteiger partial charge in [0, 0.05) is 11.6 Å². The Hall–Kier alpha value is -1.95. The van der Waals surface area contributed by atoms with Gasteiger partial charge in [0.15, 0.2) is 9.84 Å². The van der Waals surface area contributed by atoms with E-state index in [2.05, 4.69) is 5.32 Å². The van der Waals surface area contributed by atoms with Crippen molar-refractivity contribution in [1.29, 1.82) is 0 Å². The van der Waals surface area contributed by atoms with E-state index in [-0.39, 0.29) is 20.2 Å². The van der Waals surface area contributed by atoms with Crippen LogP contribution in [0.5, 0.6) is 5.75 Å². The van der Waals surface area contributed by atoms with E-state index in [9.17, 15) is 21.6 Å². The highest BCUT2D eigenvalue weighted by Gasteiger charge is 2.39. The molecule has 0 bridgehead atoms. The lowest BCUT2D eigenvalue weighted by atomic mass is 10.1. The molecule has 1 unspecified atom stereocenters. The molecule has 8 nitrogen and oxygen atoms in total. The largest absolute Gasteiger partial charge is 0.426 e. The van der Waals surface area contributed by atoms with E-state index in [0.29, 0.717) is 35.4 Å². The van der Waals surface area contributed by atoms with Crippen molar-refractivity contribution in [2.24, 2.45) is 0 Å². The molecule has 0 fully saturated rings. The number of carbonyl (C=O) groups is 1. The van der Waals surface area contributed by atoms with Crippen LogP contribution < -0.4 is 14.8 Å². The van der Waals surface area contributed by atoms with Gasteiger partial charge in [0.2, 0.25) is 0 Å². The third-order valence-corrected chi connectivity index (χ3v) is 10.3. The minimum atomic E-state index is -4.29. The van der Waals surface area contributed by atoms with E-state index in [1.165, 1.54) is 6.07 Å². The average molecular weight is 459 g/mol. The standard InChI is InChI=1S/C18H22N2O6S3/c1-4-19-14-9-12(3)28(22,23)17-13(14)10-16(27-17)29(24,25)20-18(21)26-15-8-6-5-7-11(15)2/h5-8,10,12,14,19H,4,9H2,1-3H3,(H,20,21)/t12?,14-/m0/s1. The molecule has 158 valence electrons. The highest BCUT2D eigenvalue weighted by Crippen LogP contribution is 2.42. The van der Waals surface area contributed by atoms with Gasteiger partial charge in [-0.15, -0.1) is 11.3 Å². The van der Waals surface area contributed by atoms with Crippen LogP contribution in [0.1, 0.15) is 37.4 Å². The number of amides is 1. The molecular formula is C18H22N2O6S3.